The van der Waals surface area contributed by atoms with Crippen LogP contribution >= 0.6 is 11.3 Å². The van der Waals surface area contributed by atoms with Crippen molar-refractivity contribution >= 4 is 17.2 Å². The molecule has 0 aliphatic carbocycles. The molecule has 2 aromatic heterocycles. The van der Waals surface area contributed by atoms with Crippen LogP contribution in [0.5, 0.6) is 0 Å². The lowest BCUT2D eigenvalue weighted by Gasteiger charge is -2.36. The second-order valence-corrected chi connectivity index (χ2v) is 6.78. The first-order chi connectivity index (χ1) is 10.5. The number of hydrogen-bond donors (Lipinski definition) is 0. The van der Waals surface area contributed by atoms with Gasteiger partial charge in [-0.2, -0.15) is 0 Å². The van der Waals surface area contributed by atoms with E-state index < -0.39 is 0 Å². The van der Waals surface area contributed by atoms with Crippen molar-refractivity contribution in [1.29, 1.82) is 0 Å². The molecule has 0 N–H and O–H groups in total. The molecule has 0 saturated carbocycles. The van der Waals surface area contributed by atoms with Crippen LogP contribution in [-0.2, 0) is 11.3 Å². The summed E-state index contributed by atoms with van der Waals surface area (Å²) in [4.78, 5) is 21.8. The first kappa shape index (κ1) is 15.2. The third-order valence-electron chi connectivity index (χ3n) is 4.31. The minimum atomic E-state index is -0.109. The highest BCUT2D eigenvalue weighted by atomic mass is 32.1. The van der Waals surface area contributed by atoms with Crippen molar-refractivity contribution in [3.8, 4) is 10.8 Å². The summed E-state index contributed by atoms with van der Waals surface area (Å²) in [6.45, 7) is 8.24. The molecule has 1 aliphatic rings. The maximum Gasteiger partial charge on any atom is 0.239 e. The van der Waals surface area contributed by atoms with Crippen LogP contribution in [0.3, 0.4) is 0 Å². The summed E-state index contributed by atoms with van der Waals surface area (Å²) < 4.78 is 5.84. The highest BCUT2D eigenvalue weighted by Gasteiger charge is 2.30. The fourth-order valence-electron chi connectivity index (χ4n) is 2.73. The van der Waals surface area contributed by atoms with Gasteiger partial charge in [0.25, 0.3) is 0 Å². The van der Waals surface area contributed by atoms with Gasteiger partial charge >= 0.3 is 0 Å². The number of piperazine rings is 1. The molecule has 1 fully saturated rings. The summed E-state index contributed by atoms with van der Waals surface area (Å²) in [5.74, 6) is 1.69. The summed E-state index contributed by atoms with van der Waals surface area (Å²) in [6, 6.07) is 1.96. The Labute approximate surface area is 134 Å². The molecule has 1 atom stereocenters. The Balaban J connectivity index is 1.80. The quantitative estimate of drug-likeness (QED) is 0.873. The Kier molecular flexibility index (Phi) is 4.06. The average molecular weight is 319 g/mol. The van der Waals surface area contributed by atoms with Gasteiger partial charge in [0.1, 0.15) is 5.76 Å². The lowest BCUT2D eigenvalue weighted by molar-refractivity contribution is -0.139. The van der Waals surface area contributed by atoms with Crippen molar-refractivity contribution in [2.45, 2.75) is 33.4 Å². The van der Waals surface area contributed by atoms with Crippen molar-refractivity contribution in [2.75, 3.05) is 20.1 Å². The molecule has 6 heteroatoms. The van der Waals surface area contributed by atoms with Crippen molar-refractivity contribution in [1.82, 2.24) is 14.8 Å². The number of aryl methyl sites for hydroxylation is 2. The van der Waals surface area contributed by atoms with Crippen LogP contribution in [0.4, 0.5) is 0 Å². The van der Waals surface area contributed by atoms with Crippen LogP contribution in [0.2, 0.25) is 0 Å². The summed E-state index contributed by atoms with van der Waals surface area (Å²) in [5.41, 5.74) is 2.10. The van der Waals surface area contributed by atoms with E-state index >= 15 is 0 Å². The molecule has 0 bridgehead atoms. The predicted octanol–water partition coefficient (Wildman–Crippen LogP) is 2.68. The minimum absolute atomic E-state index is 0.109. The molecule has 2 aromatic rings. The van der Waals surface area contributed by atoms with E-state index in [9.17, 15) is 4.79 Å². The van der Waals surface area contributed by atoms with Crippen LogP contribution in [-0.4, -0.2) is 46.9 Å². The Morgan fingerprint density at radius 1 is 1.41 bits per heavy atom. The number of thiophene rings is 1. The predicted molar refractivity (Wildman–Crippen MR) is 86.8 cm³/mol. The Bertz CT molecular complexity index is 691. The van der Waals surface area contributed by atoms with Crippen LogP contribution in [0.1, 0.15) is 23.9 Å². The van der Waals surface area contributed by atoms with E-state index in [4.69, 9.17) is 4.42 Å². The fraction of sp³-hybridized carbons (Fsp3) is 0.500. The lowest BCUT2D eigenvalue weighted by atomic mass is 10.1. The molecular formula is C16H21N3O2S. The molecule has 1 amide bonds. The highest BCUT2D eigenvalue weighted by Crippen LogP contribution is 2.30. The van der Waals surface area contributed by atoms with Crippen LogP contribution < -0.4 is 0 Å². The van der Waals surface area contributed by atoms with E-state index in [2.05, 4.69) is 22.9 Å². The molecule has 5 nitrogen and oxygen atoms in total. The Morgan fingerprint density at radius 3 is 2.86 bits per heavy atom. The topological polar surface area (TPSA) is 49.6 Å². The third kappa shape index (κ3) is 2.68. The average Bonchev–Trinajstić information content (AvgIpc) is 3.06. The number of aromatic nitrogens is 1. The maximum atomic E-state index is 12.1. The largest absolute Gasteiger partial charge is 0.440 e. The summed E-state index contributed by atoms with van der Waals surface area (Å²) in [5, 5.41) is 2.05. The monoisotopic (exact) mass is 319 g/mol. The number of amides is 1. The van der Waals surface area contributed by atoms with Crippen LogP contribution in [0, 0.1) is 13.8 Å². The molecule has 3 rings (SSSR count). The van der Waals surface area contributed by atoms with E-state index in [-0.39, 0.29) is 11.9 Å². The zero-order valence-corrected chi connectivity index (χ0v) is 14.2. The number of hydrogen-bond acceptors (Lipinski definition) is 5. The molecule has 22 heavy (non-hydrogen) atoms. The van der Waals surface area contributed by atoms with Gasteiger partial charge in [0.15, 0.2) is 0 Å². The molecule has 3 heterocycles. The highest BCUT2D eigenvalue weighted by molar-refractivity contribution is 7.13. The van der Waals surface area contributed by atoms with Crippen molar-refractivity contribution in [3.63, 3.8) is 0 Å². The van der Waals surface area contributed by atoms with E-state index in [0.29, 0.717) is 12.4 Å². The molecule has 1 saturated heterocycles. The Morgan fingerprint density at radius 2 is 2.18 bits per heavy atom. The van der Waals surface area contributed by atoms with E-state index in [1.807, 2.05) is 26.3 Å². The first-order valence-electron chi connectivity index (χ1n) is 7.47. The van der Waals surface area contributed by atoms with Crippen molar-refractivity contribution < 1.29 is 9.21 Å². The third-order valence-corrected chi connectivity index (χ3v) is 5.31. The van der Waals surface area contributed by atoms with Crippen LogP contribution in [0.25, 0.3) is 10.8 Å². The zero-order valence-electron chi connectivity index (χ0n) is 13.4. The summed E-state index contributed by atoms with van der Waals surface area (Å²) in [6.07, 6.45) is 0. The SMILES string of the molecule is Cc1ccsc1-c1nc(CN2CCN(C)C(=O)[C@@H]2C)c(C)o1. The maximum absolute atomic E-state index is 12.1. The molecular weight excluding hydrogens is 298 g/mol. The van der Waals surface area contributed by atoms with E-state index in [0.717, 1.165) is 29.4 Å². The van der Waals surface area contributed by atoms with Gasteiger partial charge in [-0.25, -0.2) is 4.98 Å². The molecule has 0 aromatic carbocycles. The van der Waals surface area contributed by atoms with Gasteiger partial charge in [-0.05, 0) is 37.8 Å². The van der Waals surface area contributed by atoms with Gasteiger partial charge in [-0.15, -0.1) is 11.3 Å². The smallest absolute Gasteiger partial charge is 0.239 e. The van der Waals surface area contributed by atoms with Gasteiger partial charge in [0.2, 0.25) is 11.8 Å². The normalized spacial score (nSPS) is 19.9. The molecule has 0 radical (unpaired) electrons. The molecule has 1 aliphatic heterocycles. The molecule has 0 spiro atoms. The van der Waals surface area contributed by atoms with Gasteiger partial charge in [-0.1, -0.05) is 0 Å². The summed E-state index contributed by atoms with van der Waals surface area (Å²) in [7, 11) is 1.86. The Hall–Kier alpha value is -1.66. The van der Waals surface area contributed by atoms with Crippen molar-refractivity contribution in [2.24, 2.45) is 0 Å². The number of nitrogens with zero attached hydrogens (tertiary/aromatic N) is 3. The van der Waals surface area contributed by atoms with Gasteiger partial charge in [0, 0.05) is 26.7 Å². The second kappa shape index (κ2) is 5.85. The minimum Gasteiger partial charge on any atom is -0.440 e. The number of likely N-dealkylation sites (N-methyl/N-ethyl adjacent to an activating group) is 1. The number of oxazole rings is 1. The van der Waals surface area contributed by atoms with Crippen molar-refractivity contribution in [3.05, 3.63) is 28.5 Å². The fourth-order valence-corrected chi connectivity index (χ4v) is 3.58. The standard InChI is InChI=1S/C16H21N3O2S/c1-10-5-8-22-14(10)15-17-13(12(3)21-15)9-19-7-6-18(4)16(20)11(19)2/h5,8,11H,6-7,9H2,1-4H3/t11-/m0/s1. The van der Waals surface area contributed by atoms with Gasteiger partial charge < -0.3 is 9.32 Å². The van der Waals surface area contributed by atoms with Gasteiger partial charge in [-0.3, -0.25) is 9.69 Å². The van der Waals surface area contributed by atoms with Gasteiger partial charge in [0.05, 0.1) is 16.6 Å². The zero-order chi connectivity index (χ0) is 15.9. The van der Waals surface area contributed by atoms with E-state index in [1.54, 1.807) is 16.2 Å². The number of rotatable bonds is 3. The first-order valence-corrected chi connectivity index (χ1v) is 8.35. The molecule has 0 unspecified atom stereocenters. The number of carbonyl (C=O) groups excluding carboxylic acids is 1. The van der Waals surface area contributed by atoms with E-state index in [1.165, 1.54) is 5.56 Å². The second-order valence-electron chi connectivity index (χ2n) is 5.86. The molecule has 118 valence electrons. The lowest BCUT2D eigenvalue weighted by Crippen LogP contribution is -2.53. The summed E-state index contributed by atoms with van der Waals surface area (Å²) >= 11 is 1.64. The number of carbonyl (C=O) groups is 1. The van der Waals surface area contributed by atoms with Crippen LogP contribution in [0.15, 0.2) is 15.9 Å².